The maximum Gasteiger partial charge on any atom is 0.287 e. The van der Waals surface area contributed by atoms with Gasteiger partial charge in [0.25, 0.3) is 5.91 Å². The van der Waals surface area contributed by atoms with Crippen molar-refractivity contribution in [2.24, 2.45) is 5.73 Å². The van der Waals surface area contributed by atoms with E-state index in [0.717, 1.165) is 19.3 Å². The van der Waals surface area contributed by atoms with Gasteiger partial charge in [0.15, 0.2) is 5.76 Å². The van der Waals surface area contributed by atoms with Gasteiger partial charge in [0, 0.05) is 18.6 Å². The van der Waals surface area contributed by atoms with Crippen molar-refractivity contribution in [1.29, 1.82) is 0 Å². The van der Waals surface area contributed by atoms with Crippen LogP contribution < -0.4 is 11.1 Å². The van der Waals surface area contributed by atoms with E-state index < -0.39 is 6.04 Å². The van der Waals surface area contributed by atoms with E-state index in [-0.39, 0.29) is 29.7 Å². The highest BCUT2D eigenvalue weighted by atomic mass is 16.3. The van der Waals surface area contributed by atoms with Crippen LogP contribution >= 0.6 is 0 Å². The Kier molecular flexibility index (Phi) is 5.01. The molecular formula is C15H23N3O3. The Morgan fingerprint density at radius 1 is 1.43 bits per heavy atom. The van der Waals surface area contributed by atoms with E-state index >= 15 is 0 Å². The minimum atomic E-state index is -0.595. The largest absolute Gasteiger partial charge is 0.459 e. The SMILES string of the molecule is CC(NC(=O)c1ccco1)C(=O)N1CCCCC1C(C)N. The first-order valence-corrected chi connectivity index (χ1v) is 7.41. The Bertz CT molecular complexity index is 484. The molecule has 21 heavy (non-hydrogen) atoms. The van der Waals surface area contributed by atoms with Crippen LogP contribution in [0.25, 0.3) is 0 Å². The molecule has 0 saturated carbocycles. The summed E-state index contributed by atoms with van der Waals surface area (Å²) in [5.41, 5.74) is 5.98. The molecule has 0 aromatic carbocycles. The van der Waals surface area contributed by atoms with Crippen LogP contribution in [-0.4, -0.2) is 41.4 Å². The molecule has 6 nitrogen and oxygen atoms in total. The number of furan rings is 1. The Balaban J connectivity index is 1.99. The summed E-state index contributed by atoms with van der Waals surface area (Å²) in [6, 6.07) is 2.59. The number of nitrogens with zero attached hydrogens (tertiary/aromatic N) is 1. The molecule has 1 aromatic heterocycles. The fourth-order valence-electron chi connectivity index (χ4n) is 2.76. The normalized spacial score (nSPS) is 21.7. The number of hydrogen-bond donors (Lipinski definition) is 2. The van der Waals surface area contributed by atoms with E-state index in [2.05, 4.69) is 5.32 Å². The predicted octanol–water partition coefficient (Wildman–Crippen LogP) is 1.13. The van der Waals surface area contributed by atoms with Crippen LogP contribution in [0.4, 0.5) is 0 Å². The fourth-order valence-corrected chi connectivity index (χ4v) is 2.76. The topological polar surface area (TPSA) is 88.6 Å². The molecule has 1 aliphatic rings. The van der Waals surface area contributed by atoms with Crippen LogP contribution in [0.3, 0.4) is 0 Å². The van der Waals surface area contributed by atoms with E-state index in [0.29, 0.717) is 6.54 Å². The highest BCUT2D eigenvalue weighted by molar-refractivity contribution is 5.95. The molecule has 116 valence electrons. The lowest BCUT2D eigenvalue weighted by molar-refractivity contribution is -0.137. The zero-order chi connectivity index (χ0) is 15.4. The molecule has 0 aliphatic carbocycles. The van der Waals surface area contributed by atoms with Crippen LogP contribution in [0.2, 0.25) is 0 Å². The van der Waals surface area contributed by atoms with Gasteiger partial charge in [-0.1, -0.05) is 0 Å². The number of carbonyl (C=O) groups is 2. The van der Waals surface area contributed by atoms with Gasteiger partial charge >= 0.3 is 0 Å². The Labute approximate surface area is 124 Å². The first-order chi connectivity index (χ1) is 10.0. The van der Waals surface area contributed by atoms with E-state index in [4.69, 9.17) is 10.2 Å². The summed E-state index contributed by atoms with van der Waals surface area (Å²) in [6.07, 6.45) is 4.41. The number of amides is 2. The third-order valence-electron chi connectivity index (χ3n) is 3.90. The summed E-state index contributed by atoms with van der Waals surface area (Å²) in [7, 11) is 0. The lowest BCUT2D eigenvalue weighted by atomic mass is 9.96. The van der Waals surface area contributed by atoms with Crippen LogP contribution in [0.5, 0.6) is 0 Å². The number of hydrogen-bond acceptors (Lipinski definition) is 4. The summed E-state index contributed by atoms with van der Waals surface area (Å²) >= 11 is 0. The quantitative estimate of drug-likeness (QED) is 0.871. The van der Waals surface area contributed by atoms with Crippen molar-refractivity contribution >= 4 is 11.8 Å². The second kappa shape index (κ2) is 6.76. The molecule has 3 atom stereocenters. The third-order valence-corrected chi connectivity index (χ3v) is 3.90. The molecule has 2 heterocycles. The minimum Gasteiger partial charge on any atom is -0.459 e. The lowest BCUT2D eigenvalue weighted by Gasteiger charge is -2.39. The van der Waals surface area contributed by atoms with Gasteiger partial charge in [0.1, 0.15) is 6.04 Å². The second-order valence-electron chi connectivity index (χ2n) is 5.63. The van der Waals surface area contributed by atoms with Gasteiger partial charge in [0.2, 0.25) is 5.91 Å². The highest BCUT2D eigenvalue weighted by Crippen LogP contribution is 2.20. The van der Waals surface area contributed by atoms with Crippen LogP contribution in [0.1, 0.15) is 43.7 Å². The Morgan fingerprint density at radius 3 is 2.81 bits per heavy atom. The molecule has 1 saturated heterocycles. The standard InChI is InChI=1S/C15H23N3O3/c1-10(16)12-6-3-4-8-18(12)15(20)11(2)17-14(19)13-7-5-9-21-13/h5,7,9-12H,3-4,6,8,16H2,1-2H3,(H,17,19). The summed E-state index contributed by atoms with van der Waals surface area (Å²) in [5.74, 6) is -0.260. The monoisotopic (exact) mass is 293 g/mol. The zero-order valence-electron chi connectivity index (χ0n) is 12.5. The van der Waals surface area contributed by atoms with Gasteiger partial charge in [-0.15, -0.1) is 0 Å². The summed E-state index contributed by atoms with van der Waals surface area (Å²) in [6.45, 7) is 4.31. The maximum atomic E-state index is 12.5. The van der Waals surface area contributed by atoms with Crippen molar-refractivity contribution in [3.63, 3.8) is 0 Å². The van der Waals surface area contributed by atoms with Crippen molar-refractivity contribution in [2.45, 2.75) is 51.2 Å². The van der Waals surface area contributed by atoms with Crippen LogP contribution in [0.15, 0.2) is 22.8 Å². The number of rotatable bonds is 4. The molecule has 0 spiro atoms. The third kappa shape index (κ3) is 3.64. The van der Waals surface area contributed by atoms with Gasteiger partial charge in [0.05, 0.1) is 6.26 Å². The zero-order valence-corrected chi connectivity index (χ0v) is 12.5. The molecule has 1 fully saturated rings. The van der Waals surface area contributed by atoms with E-state index in [1.807, 2.05) is 6.92 Å². The van der Waals surface area contributed by atoms with E-state index in [1.54, 1.807) is 24.0 Å². The van der Waals surface area contributed by atoms with Gasteiger partial charge in [-0.2, -0.15) is 0 Å². The summed E-state index contributed by atoms with van der Waals surface area (Å²) in [5, 5.41) is 2.67. The molecule has 6 heteroatoms. The van der Waals surface area contributed by atoms with Crippen molar-refractivity contribution in [3.8, 4) is 0 Å². The first-order valence-electron chi connectivity index (χ1n) is 7.41. The molecule has 2 amide bonds. The average molecular weight is 293 g/mol. The molecule has 1 aliphatic heterocycles. The van der Waals surface area contributed by atoms with Crippen molar-refractivity contribution in [3.05, 3.63) is 24.2 Å². The summed E-state index contributed by atoms with van der Waals surface area (Å²) in [4.78, 5) is 26.3. The average Bonchev–Trinajstić information content (AvgIpc) is 3.00. The minimum absolute atomic E-state index is 0.0502. The molecule has 0 bridgehead atoms. The number of carbonyl (C=O) groups excluding carboxylic acids is 2. The maximum absolute atomic E-state index is 12.5. The fraction of sp³-hybridized carbons (Fsp3) is 0.600. The lowest BCUT2D eigenvalue weighted by Crippen LogP contribution is -2.56. The molecule has 3 N–H and O–H groups in total. The van der Waals surface area contributed by atoms with Crippen LogP contribution in [-0.2, 0) is 4.79 Å². The van der Waals surface area contributed by atoms with Crippen molar-refractivity contribution < 1.29 is 14.0 Å². The Morgan fingerprint density at radius 2 is 2.19 bits per heavy atom. The van der Waals surface area contributed by atoms with E-state index in [9.17, 15) is 9.59 Å². The van der Waals surface area contributed by atoms with Crippen LogP contribution in [0, 0.1) is 0 Å². The smallest absolute Gasteiger partial charge is 0.287 e. The molecule has 2 rings (SSSR count). The molecule has 3 unspecified atom stereocenters. The van der Waals surface area contributed by atoms with Crippen molar-refractivity contribution in [1.82, 2.24) is 10.2 Å². The Hall–Kier alpha value is -1.82. The molecule has 1 aromatic rings. The van der Waals surface area contributed by atoms with Gasteiger partial charge in [-0.3, -0.25) is 9.59 Å². The highest BCUT2D eigenvalue weighted by Gasteiger charge is 2.32. The number of likely N-dealkylation sites (tertiary alicyclic amines) is 1. The number of piperidine rings is 1. The number of nitrogens with two attached hydrogens (primary N) is 1. The van der Waals surface area contributed by atoms with Gasteiger partial charge in [-0.25, -0.2) is 0 Å². The molecule has 0 radical (unpaired) electrons. The predicted molar refractivity (Wildman–Crippen MR) is 78.6 cm³/mol. The van der Waals surface area contributed by atoms with E-state index in [1.165, 1.54) is 6.26 Å². The molecular weight excluding hydrogens is 270 g/mol. The van der Waals surface area contributed by atoms with Gasteiger partial charge < -0.3 is 20.4 Å². The first kappa shape index (κ1) is 15.6. The number of nitrogens with one attached hydrogen (secondary N) is 1. The van der Waals surface area contributed by atoms with Crippen molar-refractivity contribution in [2.75, 3.05) is 6.54 Å². The second-order valence-corrected chi connectivity index (χ2v) is 5.63. The summed E-state index contributed by atoms with van der Waals surface area (Å²) < 4.78 is 5.02. The van der Waals surface area contributed by atoms with Gasteiger partial charge in [-0.05, 0) is 45.2 Å².